The van der Waals surface area contributed by atoms with Gasteiger partial charge in [0.25, 0.3) is 5.91 Å². The number of likely N-dealkylation sites (N-methyl/N-ethyl adjacent to an activating group) is 1. The Morgan fingerprint density at radius 3 is 2.12 bits per heavy atom. The minimum Gasteiger partial charge on any atom is -0.363 e. The van der Waals surface area contributed by atoms with Gasteiger partial charge in [0.2, 0.25) is 27.6 Å². The molecule has 0 bridgehead atoms. The van der Waals surface area contributed by atoms with Gasteiger partial charge in [-0.3, -0.25) is 19.2 Å². The van der Waals surface area contributed by atoms with E-state index in [-0.39, 0.29) is 35.6 Å². The molecule has 5 N–H and O–H groups in total. The summed E-state index contributed by atoms with van der Waals surface area (Å²) in [7, 11) is -2.06. The molecule has 1 unspecified atom stereocenters. The second-order valence-electron chi connectivity index (χ2n) is 16.7. The molecule has 5 amide bonds. The third kappa shape index (κ3) is 7.85. The second kappa shape index (κ2) is 13.9. The van der Waals surface area contributed by atoms with Gasteiger partial charge >= 0.3 is 6.03 Å². The van der Waals surface area contributed by atoms with Crippen LogP contribution in [-0.4, -0.2) is 97.7 Å². The second-order valence-corrected chi connectivity index (χ2v) is 18.8. The average molecular weight is 715 g/mol. The van der Waals surface area contributed by atoms with Gasteiger partial charge < -0.3 is 26.6 Å². The van der Waals surface area contributed by atoms with Crippen molar-refractivity contribution in [3.8, 4) is 0 Å². The van der Waals surface area contributed by atoms with Crippen molar-refractivity contribution in [3.05, 3.63) is 35.4 Å². The molecule has 50 heavy (non-hydrogen) atoms. The number of hydrogen-bond donors (Lipinski definition) is 4. The quantitative estimate of drug-likeness (QED) is 0.223. The molecule has 1 heterocycles. The Labute approximate surface area is 295 Å². The van der Waals surface area contributed by atoms with Crippen molar-refractivity contribution in [1.29, 1.82) is 0 Å². The Morgan fingerprint density at radius 2 is 1.62 bits per heavy atom. The number of nitrogens with one attached hydrogen (secondary N) is 3. The molecule has 2 saturated carbocycles. The molecule has 4 aliphatic rings. The first-order valence-corrected chi connectivity index (χ1v) is 19.5. The molecule has 13 nitrogen and oxygen atoms in total. The van der Waals surface area contributed by atoms with E-state index in [1.54, 1.807) is 4.90 Å². The smallest absolute Gasteiger partial charge is 0.315 e. The van der Waals surface area contributed by atoms with Gasteiger partial charge in [0.1, 0.15) is 12.1 Å². The topological polar surface area (TPSA) is 188 Å². The zero-order chi connectivity index (χ0) is 36.9. The molecule has 14 heteroatoms. The van der Waals surface area contributed by atoms with Crippen LogP contribution >= 0.6 is 0 Å². The fraction of sp³-hybridized carbons (Fsp3) is 0.694. The van der Waals surface area contributed by atoms with Crippen LogP contribution in [0.4, 0.5) is 4.79 Å². The third-order valence-corrected chi connectivity index (χ3v) is 13.2. The van der Waals surface area contributed by atoms with E-state index >= 15 is 0 Å². The number of hydrogen-bond acceptors (Lipinski definition) is 7. The number of benzene rings is 1. The lowest BCUT2D eigenvalue weighted by atomic mass is 9.80. The van der Waals surface area contributed by atoms with E-state index in [1.165, 1.54) is 11.4 Å². The summed E-state index contributed by atoms with van der Waals surface area (Å²) in [6.07, 6.45) is 5.36. The average Bonchev–Trinajstić information content (AvgIpc) is 3.36. The lowest BCUT2D eigenvalue weighted by molar-refractivity contribution is -0.144. The Kier molecular flexibility index (Phi) is 10.5. The maximum Gasteiger partial charge on any atom is 0.315 e. The highest BCUT2D eigenvalue weighted by Gasteiger charge is 2.70. The van der Waals surface area contributed by atoms with Gasteiger partial charge in [0.05, 0.1) is 12.3 Å². The Bertz CT molecular complexity index is 1610. The molecular weight excluding hydrogens is 660 g/mol. The standard InChI is InChI=1S/C36H54N6O7S/c1-35(2,3)26(19-41(6)50(7,48)49)39-34(47)40-28(23-16-21-13-8-9-14-22(21)17-23)33(46)42-18-24-27(36(24,4)5)29(42)32(45)38-25(30(43)31(37)44)15-20-11-10-12-20/h8-9,13-14,20,23-29H,10-12,15-19H2,1-7H3,(H2,37,44)(H,38,45)(H2,39,40,47)/t24-,25?,26+,27-,28-,29-/m0/s1. The zero-order valence-corrected chi connectivity index (χ0v) is 31.1. The minimum absolute atomic E-state index is 0.0299. The Hall–Kier alpha value is -3.52. The Morgan fingerprint density at radius 1 is 1.02 bits per heavy atom. The molecular formula is C36H54N6O7S. The first kappa shape index (κ1) is 37.7. The maximum absolute atomic E-state index is 14.7. The predicted octanol–water partition coefficient (Wildman–Crippen LogP) is 1.59. The number of amides is 5. The number of likely N-dealkylation sites (tertiary alicyclic amines) is 1. The van der Waals surface area contributed by atoms with E-state index in [9.17, 15) is 32.4 Å². The van der Waals surface area contributed by atoms with Gasteiger partial charge in [-0.2, -0.15) is 0 Å². The summed E-state index contributed by atoms with van der Waals surface area (Å²) in [6, 6.07) is 3.74. The molecule has 1 aromatic rings. The van der Waals surface area contributed by atoms with Gasteiger partial charge in [0, 0.05) is 26.2 Å². The molecule has 1 aliphatic heterocycles. The van der Waals surface area contributed by atoms with E-state index in [0.717, 1.165) is 36.6 Å². The number of rotatable bonds is 13. The number of sulfonamides is 1. The number of primary amides is 1. The normalized spacial score (nSPS) is 24.7. The first-order valence-electron chi connectivity index (χ1n) is 17.7. The van der Waals surface area contributed by atoms with Crippen LogP contribution < -0.4 is 21.7 Å². The highest BCUT2D eigenvalue weighted by Crippen LogP contribution is 2.65. The van der Waals surface area contributed by atoms with Crippen molar-refractivity contribution >= 4 is 39.6 Å². The number of nitrogens with zero attached hydrogens (tertiary/aromatic N) is 2. The molecule has 1 aromatic carbocycles. The molecule has 0 aromatic heterocycles. The van der Waals surface area contributed by atoms with Gasteiger partial charge in [0.15, 0.2) is 0 Å². The van der Waals surface area contributed by atoms with Crippen molar-refractivity contribution < 1.29 is 32.4 Å². The number of Topliss-reactive ketones (excluding diaryl/α,β-unsaturated/α-hetero) is 1. The molecule has 0 radical (unpaired) electrons. The fourth-order valence-electron chi connectivity index (χ4n) is 8.19. The molecule has 6 atom stereocenters. The summed E-state index contributed by atoms with van der Waals surface area (Å²) in [5, 5.41) is 8.71. The van der Waals surface area contributed by atoms with Gasteiger partial charge in [-0.15, -0.1) is 0 Å². The molecule has 3 fully saturated rings. The summed E-state index contributed by atoms with van der Waals surface area (Å²) < 4.78 is 25.6. The van der Waals surface area contributed by atoms with Crippen LogP contribution in [0.25, 0.3) is 0 Å². The van der Waals surface area contributed by atoms with Gasteiger partial charge in [-0.05, 0) is 64.9 Å². The summed E-state index contributed by atoms with van der Waals surface area (Å²) in [5.41, 5.74) is 6.80. The number of piperidine rings is 1. The molecule has 5 rings (SSSR count). The van der Waals surface area contributed by atoms with Crippen LogP contribution in [-0.2, 0) is 42.0 Å². The molecule has 3 aliphatic carbocycles. The summed E-state index contributed by atoms with van der Waals surface area (Å²) in [4.78, 5) is 69.0. The van der Waals surface area contributed by atoms with Crippen molar-refractivity contribution in [2.45, 2.75) is 97.3 Å². The maximum atomic E-state index is 14.7. The zero-order valence-electron chi connectivity index (χ0n) is 30.3. The van der Waals surface area contributed by atoms with Crippen molar-refractivity contribution in [3.63, 3.8) is 0 Å². The lowest BCUT2D eigenvalue weighted by Gasteiger charge is -2.37. The van der Waals surface area contributed by atoms with Crippen LogP contribution in [0.2, 0.25) is 0 Å². The molecule has 0 spiro atoms. The largest absolute Gasteiger partial charge is 0.363 e. The van der Waals surface area contributed by atoms with E-state index in [1.807, 2.05) is 45.0 Å². The van der Waals surface area contributed by atoms with Crippen LogP contribution in [0.3, 0.4) is 0 Å². The SMILES string of the molecule is CN(C[C@@H](NC(=O)N[C@H](C(=O)N1C[C@H]2[C@@H]([C@H]1C(=O)NC(CC1CCC1)C(=O)C(N)=O)C2(C)C)C1Cc2ccccc2C1)C(C)(C)C)S(C)(=O)=O. The number of urea groups is 1. The van der Waals surface area contributed by atoms with Crippen molar-refractivity contribution in [2.24, 2.45) is 40.2 Å². The minimum atomic E-state index is -3.52. The number of carbonyl (C=O) groups is 5. The van der Waals surface area contributed by atoms with Crippen LogP contribution in [0.1, 0.15) is 71.4 Å². The highest BCUT2D eigenvalue weighted by molar-refractivity contribution is 7.88. The van der Waals surface area contributed by atoms with Crippen molar-refractivity contribution in [1.82, 2.24) is 25.2 Å². The van der Waals surface area contributed by atoms with Crippen LogP contribution in [0.5, 0.6) is 0 Å². The van der Waals surface area contributed by atoms with Crippen molar-refractivity contribution in [2.75, 3.05) is 26.4 Å². The van der Waals surface area contributed by atoms with E-state index in [4.69, 9.17) is 5.73 Å². The van der Waals surface area contributed by atoms with Gasteiger partial charge in [-0.1, -0.05) is 78.1 Å². The van der Waals surface area contributed by atoms with E-state index < -0.39 is 69.1 Å². The number of carbonyl (C=O) groups excluding carboxylic acids is 5. The number of nitrogens with two attached hydrogens (primary N) is 1. The highest BCUT2D eigenvalue weighted by atomic mass is 32.2. The summed E-state index contributed by atoms with van der Waals surface area (Å²) in [6.45, 7) is 10.1. The third-order valence-electron chi connectivity index (χ3n) is 11.9. The summed E-state index contributed by atoms with van der Waals surface area (Å²) >= 11 is 0. The number of ketones is 1. The fourth-order valence-corrected chi connectivity index (χ4v) is 8.61. The van der Waals surface area contributed by atoms with Crippen LogP contribution in [0.15, 0.2) is 24.3 Å². The van der Waals surface area contributed by atoms with Gasteiger partial charge in [-0.25, -0.2) is 17.5 Å². The van der Waals surface area contributed by atoms with Crippen LogP contribution in [0, 0.1) is 34.5 Å². The number of fused-ring (bicyclic) bond motifs is 2. The predicted molar refractivity (Wildman–Crippen MR) is 188 cm³/mol. The Balaban J connectivity index is 1.40. The summed E-state index contributed by atoms with van der Waals surface area (Å²) in [5.74, 6) is -3.04. The monoisotopic (exact) mass is 714 g/mol. The van der Waals surface area contributed by atoms with E-state index in [2.05, 4.69) is 29.8 Å². The molecule has 276 valence electrons. The lowest BCUT2D eigenvalue weighted by Crippen LogP contribution is -2.61. The molecule has 1 saturated heterocycles. The first-order chi connectivity index (χ1) is 23.2. The van der Waals surface area contributed by atoms with E-state index in [0.29, 0.717) is 25.8 Å².